The molecule has 0 aliphatic heterocycles. The molecule has 0 saturated heterocycles. The predicted molar refractivity (Wildman–Crippen MR) is 47.4 cm³/mol. The molecule has 0 aliphatic carbocycles. The molecule has 1 heterocycles. The summed E-state index contributed by atoms with van der Waals surface area (Å²) >= 11 is 5.68. The lowest BCUT2D eigenvalue weighted by Gasteiger charge is -2.02. The molecule has 0 radical (unpaired) electrons. The van der Waals surface area contributed by atoms with Crippen LogP contribution in [-0.2, 0) is 0 Å². The lowest BCUT2D eigenvalue weighted by atomic mass is 10.3. The van der Waals surface area contributed by atoms with E-state index in [1.54, 1.807) is 0 Å². The van der Waals surface area contributed by atoms with Crippen LogP contribution in [0.25, 0.3) is 0 Å². The first-order valence-corrected chi connectivity index (χ1v) is 4.47. The van der Waals surface area contributed by atoms with Gasteiger partial charge in [-0.3, -0.25) is 4.79 Å². The van der Waals surface area contributed by atoms with Crippen molar-refractivity contribution in [2.24, 2.45) is 0 Å². The normalized spacial score (nSPS) is 10.8. The number of pyridine rings is 1. The van der Waals surface area contributed by atoms with Gasteiger partial charge < -0.3 is 4.98 Å². The third kappa shape index (κ3) is 1.92. The summed E-state index contributed by atoms with van der Waals surface area (Å²) in [4.78, 5) is 13.3. The van der Waals surface area contributed by atoms with Gasteiger partial charge >= 0.3 is 0 Å². The number of alkyl halides is 2. The van der Waals surface area contributed by atoms with E-state index in [-0.39, 0.29) is 9.08 Å². The molecule has 1 aromatic heterocycles. The van der Waals surface area contributed by atoms with E-state index in [4.69, 9.17) is 0 Å². The summed E-state index contributed by atoms with van der Waals surface area (Å²) in [6.45, 7) is 0. The fraction of sp³-hybridized carbons (Fsp3) is 0.167. The summed E-state index contributed by atoms with van der Waals surface area (Å²) in [5, 5.41) is 0. The summed E-state index contributed by atoms with van der Waals surface area (Å²) in [6.07, 6.45) is -2.69. The van der Waals surface area contributed by atoms with Gasteiger partial charge in [-0.25, -0.2) is 8.78 Å². The molecule has 0 fully saturated rings. The Morgan fingerprint density at radius 1 is 1.42 bits per heavy atom. The molecular weight excluding hydrogens is 300 g/mol. The quantitative estimate of drug-likeness (QED) is 0.795. The van der Waals surface area contributed by atoms with Crippen molar-refractivity contribution in [2.45, 2.75) is 6.43 Å². The van der Waals surface area contributed by atoms with Gasteiger partial charge in [0.25, 0.3) is 6.43 Å². The molecule has 0 aliphatic rings. The van der Waals surface area contributed by atoms with E-state index < -0.39 is 17.5 Å². The van der Waals surface area contributed by atoms with Crippen LogP contribution in [0.4, 0.5) is 8.78 Å². The SMILES string of the molecule is O=c1cc(Br)[nH]c(C(F)F)c1Br. The van der Waals surface area contributed by atoms with Gasteiger partial charge in [-0.2, -0.15) is 0 Å². The zero-order valence-electron chi connectivity index (χ0n) is 5.57. The molecule has 1 rings (SSSR count). The van der Waals surface area contributed by atoms with Crippen molar-refractivity contribution in [3.05, 3.63) is 31.1 Å². The maximum atomic E-state index is 12.2. The molecule has 2 nitrogen and oxygen atoms in total. The van der Waals surface area contributed by atoms with Crippen molar-refractivity contribution in [1.29, 1.82) is 0 Å². The van der Waals surface area contributed by atoms with Crippen LogP contribution < -0.4 is 5.43 Å². The number of halogens is 4. The minimum Gasteiger partial charge on any atom is -0.347 e. The van der Waals surface area contributed by atoms with Crippen LogP contribution in [0.1, 0.15) is 12.1 Å². The highest BCUT2D eigenvalue weighted by molar-refractivity contribution is 9.11. The first-order valence-electron chi connectivity index (χ1n) is 2.88. The molecule has 1 aromatic rings. The number of rotatable bonds is 1. The number of H-pyrrole nitrogens is 1. The minimum atomic E-state index is -2.69. The lowest BCUT2D eigenvalue weighted by molar-refractivity contribution is 0.145. The van der Waals surface area contributed by atoms with Crippen molar-refractivity contribution in [3.8, 4) is 0 Å². The Morgan fingerprint density at radius 2 is 2.00 bits per heavy atom. The van der Waals surface area contributed by atoms with E-state index in [0.717, 1.165) is 0 Å². The van der Waals surface area contributed by atoms with Gasteiger partial charge in [-0.1, -0.05) is 0 Å². The number of hydrogen-bond acceptors (Lipinski definition) is 1. The summed E-state index contributed by atoms with van der Waals surface area (Å²) < 4.78 is 24.5. The number of aromatic nitrogens is 1. The first-order chi connectivity index (χ1) is 5.52. The maximum Gasteiger partial charge on any atom is 0.279 e. The molecule has 0 amide bonds. The molecule has 0 unspecified atom stereocenters. The Balaban J connectivity index is 3.38. The van der Waals surface area contributed by atoms with Gasteiger partial charge in [0, 0.05) is 6.07 Å². The fourth-order valence-corrected chi connectivity index (χ4v) is 1.49. The molecule has 12 heavy (non-hydrogen) atoms. The smallest absolute Gasteiger partial charge is 0.279 e. The van der Waals surface area contributed by atoms with Crippen molar-refractivity contribution in [2.75, 3.05) is 0 Å². The third-order valence-corrected chi connectivity index (χ3v) is 2.43. The van der Waals surface area contributed by atoms with E-state index in [2.05, 4.69) is 36.8 Å². The van der Waals surface area contributed by atoms with Crippen LogP contribution in [0.3, 0.4) is 0 Å². The minimum absolute atomic E-state index is 0.124. The molecular formula is C6H3Br2F2NO. The topological polar surface area (TPSA) is 32.9 Å². The highest BCUT2D eigenvalue weighted by Crippen LogP contribution is 2.23. The molecule has 0 aromatic carbocycles. The van der Waals surface area contributed by atoms with Crippen molar-refractivity contribution >= 4 is 31.9 Å². The van der Waals surface area contributed by atoms with Crippen molar-refractivity contribution in [3.63, 3.8) is 0 Å². The standard InChI is InChI=1S/C6H3Br2F2NO/c7-3-1-2(12)4(8)5(11-3)6(9)10/h1,6H,(H,11,12). The molecule has 0 saturated carbocycles. The predicted octanol–water partition coefficient (Wildman–Crippen LogP) is 2.84. The number of nitrogens with one attached hydrogen (secondary N) is 1. The highest BCUT2D eigenvalue weighted by atomic mass is 79.9. The Kier molecular flexibility index (Phi) is 3.00. The van der Waals surface area contributed by atoms with E-state index in [9.17, 15) is 13.6 Å². The molecule has 6 heteroatoms. The summed E-state index contributed by atoms with van der Waals surface area (Å²) in [5.41, 5.74) is -0.884. The Bertz CT molecular complexity index is 350. The number of aromatic amines is 1. The van der Waals surface area contributed by atoms with Crippen LogP contribution in [0, 0.1) is 0 Å². The van der Waals surface area contributed by atoms with E-state index in [0.29, 0.717) is 0 Å². The fourth-order valence-electron chi connectivity index (χ4n) is 0.681. The van der Waals surface area contributed by atoms with E-state index >= 15 is 0 Å². The van der Waals surface area contributed by atoms with Gasteiger partial charge in [0.15, 0.2) is 5.43 Å². The summed E-state index contributed by atoms with van der Waals surface area (Å²) in [5.74, 6) is 0. The Labute approximate surface area is 83.2 Å². The molecule has 0 spiro atoms. The zero-order valence-corrected chi connectivity index (χ0v) is 8.75. The highest BCUT2D eigenvalue weighted by Gasteiger charge is 2.14. The Hall–Kier alpha value is -0.230. The second-order valence-corrected chi connectivity index (χ2v) is 3.66. The summed E-state index contributed by atoms with van der Waals surface area (Å²) in [6, 6.07) is 1.18. The second-order valence-electron chi connectivity index (χ2n) is 2.01. The van der Waals surface area contributed by atoms with Gasteiger partial charge in [0.1, 0.15) is 5.69 Å². The first kappa shape index (κ1) is 9.85. The molecule has 66 valence electrons. The Morgan fingerprint density at radius 3 is 2.50 bits per heavy atom. The van der Waals surface area contributed by atoms with Crippen LogP contribution in [-0.4, -0.2) is 4.98 Å². The molecule has 0 atom stereocenters. The molecule has 0 bridgehead atoms. The third-order valence-electron chi connectivity index (χ3n) is 1.18. The van der Waals surface area contributed by atoms with Crippen LogP contribution >= 0.6 is 31.9 Å². The van der Waals surface area contributed by atoms with Crippen LogP contribution in [0.5, 0.6) is 0 Å². The van der Waals surface area contributed by atoms with Gasteiger partial charge in [-0.05, 0) is 31.9 Å². The molecule has 1 N–H and O–H groups in total. The van der Waals surface area contributed by atoms with Gasteiger partial charge in [-0.15, -0.1) is 0 Å². The van der Waals surface area contributed by atoms with Crippen molar-refractivity contribution < 1.29 is 8.78 Å². The largest absolute Gasteiger partial charge is 0.347 e. The summed E-state index contributed by atoms with van der Waals surface area (Å²) in [7, 11) is 0. The van der Waals surface area contributed by atoms with Gasteiger partial charge in [0.05, 0.1) is 9.08 Å². The average molecular weight is 303 g/mol. The van der Waals surface area contributed by atoms with E-state index in [1.807, 2.05) is 0 Å². The lowest BCUT2D eigenvalue weighted by Crippen LogP contribution is -2.07. The average Bonchev–Trinajstić information content (AvgIpc) is 1.96. The monoisotopic (exact) mass is 301 g/mol. The maximum absolute atomic E-state index is 12.2. The second kappa shape index (κ2) is 3.66. The zero-order chi connectivity index (χ0) is 9.30. The van der Waals surface area contributed by atoms with Crippen LogP contribution in [0.15, 0.2) is 19.9 Å². The van der Waals surface area contributed by atoms with Crippen molar-refractivity contribution in [1.82, 2.24) is 4.98 Å². The number of hydrogen-bond donors (Lipinski definition) is 1. The van der Waals surface area contributed by atoms with Gasteiger partial charge in [0.2, 0.25) is 0 Å². The van der Waals surface area contributed by atoms with E-state index in [1.165, 1.54) is 6.07 Å². The van der Waals surface area contributed by atoms with Crippen LogP contribution in [0.2, 0.25) is 0 Å².